The quantitative estimate of drug-likeness (QED) is 0.752. The summed E-state index contributed by atoms with van der Waals surface area (Å²) in [6.45, 7) is 2.17. The predicted octanol–water partition coefficient (Wildman–Crippen LogP) is 2.35. The summed E-state index contributed by atoms with van der Waals surface area (Å²) >= 11 is 0. The third kappa shape index (κ3) is 2.37. The second kappa shape index (κ2) is 6.17. The van der Waals surface area contributed by atoms with Crippen LogP contribution in [-0.4, -0.2) is 43.1 Å². The average Bonchev–Trinajstić information content (AvgIpc) is 3.25. The lowest BCUT2D eigenvalue weighted by atomic mass is 9.64. The van der Waals surface area contributed by atoms with Gasteiger partial charge in [-0.25, -0.2) is 0 Å². The first-order valence-electron chi connectivity index (χ1n) is 9.71. The van der Waals surface area contributed by atoms with E-state index in [0.717, 1.165) is 12.1 Å². The van der Waals surface area contributed by atoms with Crippen molar-refractivity contribution in [3.8, 4) is 6.07 Å². The van der Waals surface area contributed by atoms with Crippen molar-refractivity contribution in [3.05, 3.63) is 29.3 Å². The fourth-order valence-corrected chi connectivity index (χ4v) is 6.02. The maximum absolute atomic E-state index is 13.5. The number of carbonyl (C=O) groups is 1. The molecule has 0 saturated carbocycles. The highest BCUT2D eigenvalue weighted by molar-refractivity contribution is 6.00. The van der Waals surface area contributed by atoms with E-state index in [2.05, 4.69) is 5.48 Å². The molecule has 4 aliphatic rings. The van der Waals surface area contributed by atoms with E-state index in [4.69, 9.17) is 19.6 Å². The molecular weight excluding hydrogens is 403 g/mol. The fourth-order valence-electron chi connectivity index (χ4n) is 6.02. The number of anilines is 1. The lowest BCUT2D eigenvalue weighted by Gasteiger charge is -2.45. The van der Waals surface area contributed by atoms with Crippen LogP contribution in [0.15, 0.2) is 18.2 Å². The van der Waals surface area contributed by atoms with Gasteiger partial charge in [0.2, 0.25) is 5.91 Å². The van der Waals surface area contributed by atoms with E-state index in [0.29, 0.717) is 19.4 Å². The zero-order valence-electron chi connectivity index (χ0n) is 16.3. The van der Waals surface area contributed by atoms with Crippen LogP contribution in [-0.2, 0) is 25.3 Å². The Balaban J connectivity index is 1.60. The number of hydroxylamine groups is 1. The lowest BCUT2D eigenvalue weighted by molar-refractivity contribution is -0.154. The molecule has 6 atom stereocenters. The smallest absolute Gasteiger partial charge is 0.366 e. The Morgan fingerprint density at radius 1 is 1.40 bits per heavy atom. The van der Waals surface area contributed by atoms with Gasteiger partial charge in [-0.3, -0.25) is 9.69 Å². The molecule has 160 valence electrons. The van der Waals surface area contributed by atoms with Crippen LogP contribution in [0.1, 0.15) is 30.9 Å². The van der Waals surface area contributed by atoms with Crippen molar-refractivity contribution in [2.75, 3.05) is 18.6 Å². The minimum Gasteiger partial charge on any atom is -0.366 e. The molecule has 0 aromatic heterocycles. The largest absolute Gasteiger partial charge is 0.417 e. The molecule has 4 heterocycles. The molecule has 1 aromatic rings. The molecule has 4 fully saturated rings. The van der Waals surface area contributed by atoms with Crippen molar-refractivity contribution in [1.29, 1.82) is 5.26 Å². The summed E-state index contributed by atoms with van der Waals surface area (Å²) in [5.74, 6) is -1.18. The van der Waals surface area contributed by atoms with Crippen molar-refractivity contribution < 1.29 is 32.3 Å². The number of carbonyl (C=O) groups excluding carboxylic acids is 1. The van der Waals surface area contributed by atoms with Crippen LogP contribution in [0.3, 0.4) is 0 Å². The topological polar surface area (TPSA) is 83.8 Å². The van der Waals surface area contributed by atoms with Crippen LogP contribution in [0.25, 0.3) is 0 Å². The third-order valence-electron chi connectivity index (χ3n) is 7.02. The highest BCUT2D eigenvalue weighted by Crippen LogP contribution is 2.65. The molecule has 5 rings (SSSR count). The van der Waals surface area contributed by atoms with Gasteiger partial charge in [-0.15, -0.1) is 0 Å². The number of alkyl halides is 3. The monoisotopic (exact) mass is 423 g/mol. The summed E-state index contributed by atoms with van der Waals surface area (Å²) in [7, 11) is 1.51. The van der Waals surface area contributed by atoms with Gasteiger partial charge in [0, 0.05) is 18.0 Å². The predicted molar refractivity (Wildman–Crippen MR) is 95.8 cm³/mol. The molecule has 0 unspecified atom stereocenters. The van der Waals surface area contributed by atoms with Crippen LogP contribution in [0, 0.1) is 23.2 Å². The van der Waals surface area contributed by atoms with E-state index in [9.17, 15) is 18.0 Å². The van der Waals surface area contributed by atoms with Crippen LogP contribution < -0.4 is 10.4 Å². The molecule has 2 bridgehead atoms. The van der Waals surface area contributed by atoms with E-state index in [1.165, 1.54) is 18.1 Å². The van der Waals surface area contributed by atoms with Crippen LogP contribution in [0.4, 0.5) is 18.9 Å². The first-order valence-corrected chi connectivity index (χ1v) is 9.71. The minimum atomic E-state index is -4.71. The summed E-state index contributed by atoms with van der Waals surface area (Å²) in [4.78, 5) is 19.9. The highest BCUT2D eigenvalue weighted by Gasteiger charge is 2.78. The zero-order chi connectivity index (χ0) is 21.5. The SMILES string of the molecule is CON[C@@H]1C[C@@]2(C)O[C@@]13CCO[C@H]1[C@@H]3[C@@H]2C(=O)N1c1ccc(C#N)c(C(F)(F)F)c1. The summed E-state index contributed by atoms with van der Waals surface area (Å²) < 4.78 is 52.8. The number of fused-ring (bicyclic) bond motifs is 2. The molecule has 7 nitrogen and oxygen atoms in total. The maximum Gasteiger partial charge on any atom is 0.417 e. The number of rotatable bonds is 3. The Morgan fingerprint density at radius 2 is 2.17 bits per heavy atom. The minimum absolute atomic E-state index is 0.0713. The van der Waals surface area contributed by atoms with Crippen LogP contribution >= 0.6 is 0 Å². The van der Waals surface area contributed by atoms with Gasteiger partial charge in [0.05, 0.1) is 54.1 Å². The molecule has 4 saturated heterocycles. The standard InChI is InChI=1S/C20H20F3N3O4/c1-18-8-13(25-28-2)19(30-18)5-6-29-17-15(19)14(18)16(27)26(17)11-4-3-10(9-24)12(7-11)20(21,22)23/h3-4,7,13-15,17,25H,5-6,8H2,1-2H3/t13-,14-,15+,17+,18-,19+/m1/s1. The number of nitrogens with one attached hydrogen (secondary N) is 1. The first kappa shape index (κ1) is 19.8. The molecule has 1 N–H and O–H groups in total. The van der Waals surface area contributed by atoms with Crippen LogP contribution in [0.2, 0.25) is 0 Å². The number of amides is 1. The number of hydrogen-bond donors (Lipinski definition) is 1. The molecule has 0 aliphatic carbocycles. The Labute approximate surface area is 170 Å². The van der Waals surface area contributed by atoms with E-state index in [-0.39, 0.29) is 23.6 Å². The van der Waals surface area contributed by atoms with Gasteiger partial charge >= 0.3 is 6.18 Å². The molecule has 10 heteroatoms. The second-order valence-corrected chi connectivity index (χ2v) is 8.51. The zero-order valence-corrected chi connectivity index (χ0v) is 16.3. The first-order chi connectivity index (χ1) is 14.2. The summed E-state index contributed by atoms with van der Waals surface area (Å²) in [5, 5.41) is 9.06. The van der Waals surface area contributed by atoms with Gasteiger partial charge in [-0.1, -0.05) is 0 Å². The van der Waals surface area contributed by atoms with E-state index < -0.39 is 40.7 Å². The number of halogens is 3. The number of nitriles is 1. The Kier molecular flexibility index (Phi) is 4.06. The molecule has 1 spiro atoms. The second-order valence-electron chi connectivity index (χ2n) is 8.51. The van der Waals surface area contributed by atoms with Gasteiger partial charge in [-0.2, -0.15) is 23.9 Å². The van der Waals surface area contributed by atoms with E-state index in [1.54, 1.807) is 6.07 Å². The molecule has 4 aliphatic heterocycles. The van der Waals surface area contributed by atoms with Gasteiger partial charge in [0.25, 0.3) is 0 Å². The summed E-state index contributed by atoms with van der Waals surface area (Å²) in [6.07, 6.45) is -4.34. The molecular formula is C20H20F3N3O4. The number of benzene rings is 1. The van der Waals surface area contributed by atoms with Crippen molar-refractivity contribution in [1.82, 2.24) is 5.48 Å². The normalized spacial score (nSPS) is 39.3. The lowest BCUT2D eigenvalue weighted by Crippen LogP contribution is -2.60. The van der Waals surface area contributed by atoms with Crippen LogP contribution in [0.5, 0.6) is 0 Å². The molecule has 1 amide bonds. The number of nitrogens with zero attached hydrogens (tertiary/aromatic N) is 2. The number of ether oxygens (including phenoxy) is 2. The summed E-state index contributed by atoms with van der Waals surface area (Å²) in [6, 6.07) is 4.74. The van der Waals surface area contributed by atoms with E-state index >= 15 is 0 Å². The molecule has 30 heavy (non-hydrogen) atoms. The Hall–Kier alpha value is -2.19. The molecule has 1 aromatic carbocycles. The van der Waals surface area contributed by atoms with Crippen molar-refractivity contribution >= 4 is 11.6 Å². The van der Waals surface area contributed by atoms with Gasteiger partial charge in [0.15, 0.2) is 0 Å². The number of hydrogen-bond acceptors (Lipinski definition) is 6. The van der Waals surface area contributed by atoms with Gasteiger partial charge in [0.1, 0.15) is 6.23 Å². The Morgan fingerprint density at radius 3 is 2.83 bits per heavy atom. The molecule has 0 radical (unpaired) electrons. The van der Waals surface area contributed by atoms with Crippen molar-refractivity contribution in [3.63, 3.8) is 0 Å². The van der Waals surface area contributed by atoms with Gasteiger partial charge in [-0.05, 0) is 31.5 Å². The van der Waals surface area contributed by atoms with E-state index in [1.807, 2.05) is 6.92 Å². The third-order valence-corrected chi connectivity index (χ3v) is 7.02. The fraction of sp³-hybridized carbons (Fsp3) is 0.600. The van der Waals surface area contributed by atoms with Crippen molar-refractivity contribution in [2.45, 2.75) is 49.4 Å². The highest BCUT2D eigenvalue weighted by atomic mass is 19.4. The summed E-state index contributed by atoms with van der Waals surface area (Å²) in [5.41, 5.74) is 0.0370. The maximum atomic E-state index is 13.5. The Bertz CT molecular complexity index is 964. The van der Waals surface area contributed by atoms with Crippen molar-refractivity contribution in [2.24, 2.45) is 11.8 Å². The van der Waals surface area contributed by atoms with Gasteiger partial charge < -0.3 is 14.3 Å². The average molecular weight is 423 g/mol.